The van der Waals surface area contributed by atoms with Gasteiger partial charge in [0.15, 0.2) is 0 Å². The molecule has 0 saturated heterocycles. The Bertz CT molecular complexity index is 879. The summed E-state index contributed by atoms with van der Waals surface area (Å²) in [5.74, 6) is -1.17. The number of nitrogens with two attached hydrogens (primary N) is 1. The molecule has 0 saturated carbocycles. The van der Waals surface area contributed by atoms with Crippen molar-refractivity contribution in [2.75, 3.05) is 0 Å². The first-order valence-corrected chi connectivity index (χ1v) is 7.86. The van der Waals surface area contributed by atoms with E-state index in [-0.39, 0.29) is 12.4 Å². The molecule has 0 aliphatic carbocycles. The van der Waals surface area contributed by atoms with Gasteiger partial charge in [0.05, 0.1) is 4.88 Å². The number of halogens is 1. The highest BCUT2D eigenvalue weighted by molar-refractivity contribution is 9.10. The molecule has 22 heavy (non-hydrogen) atoms. The molecule has 8 heteroatoms. The minimum absolute atomic E-state index is 0.180. The first-order chi connectivity index (χ1) is 10.5. The molecule has 0 aliphatic heterocycles. The fraction of sp³-hybridized carbons (Fsp3) is 0.0714. The zero-order valence-electron chi connectivity index (χ0n) is 11.2. The maximum Gasteiger partial charge on any atom is 0.437 e. The standard InChI is InChI=1S/C14H10BrN3O3S/c15-9-3-1-8(2-4-9)10-5-6-11(22-10)13-17-18(7-12(16)19)14(20)21-13/h1-6H,7H2,(H2,16,19). The van der Waals surface area contributed by atoms with Gasteiger partial charge in [-0.2, -0.15) is 4.68 Å². The van der Waals surface area contributed by atoms with Crippen LogP contribution in [0, 0.1) is 0 Å². The van der Waals surface area contributed by atoms with Crippen LogP contribution in [0.4, 0.5) is 0 Å². The Labute approximate surface area is 137 Å². The fourth-order valence-electron chi connectivity index (χ4n) is 1.88. The van der Waals surface area contributed by atoms with Crippen LogP contribution in [0.5, 0.6) is 0 Å². The molecule has 0 atom stereocenters. The van der Waals surface area contributed by atoms with Crippen LogP contribution in [0.25, 0.3) is 21.2 Å². The summed E-state index contributed by atoms with van der Waals surface area (Å²) in [6.45, 7) is -0.298. The third kappa shape index (κ3) is 3.02. The Balaban J connectivity index is 1.92. The van der Waals surface area contributed by atoms with Crippen molar-refractivity contribution in [1.82, 2.24) is 9.78 Å². The molecule has 2 aromatic heterocycles. The van der Waals surface area contributed by atoms with Gasteiger partial charge >= 0.3 is 5.76 Å². The Hall–Kier alpha value is -2.19. The maximum atomic E-state index is 11.6. The normalized spacial score (nSPS) is 10.8. The van der Waals surface area contributed by atoms with E-state index in [4.69, 9.17) is 10.2 Å². The summed E-state index contributed by atoms with van der Waals surface area (Å²) in [5.41, 5.74) is 6.11. The number of hydrogen-bond donors (Lipinski definition) is 1. The predicted octanol–water partition coefficient (Wildman–Crippen LogP) is 2.48. The van der Waals surface area contributed by atoms with Crippen LogP contribution in [-0.2, 0) is 11.3 Å². The average molecular weight is 380 g/mol. The van der Waals surface area contributed by atoms with Crippen molar-refractivity contribution < 1.29 is 9.21 Å². The molecule has 3 aromatic rings. The lowest BCUT2D eigenvalue weighted by Gasteiger charge is -1.96. The summed E-state index contributed by atoms with van der Waals surface area (Å²) in [5, 5.41) is 3.98. The number of rotatable bonds is 4. The summed E-state index contributed by atoms with van der Waals surface area (Å²) in [4.78, 5) is 24.2. The third-order valence-corrected chi connectivity index (χ3v) is 4.51. The van der Waals surface area contributed by atoms with Crippen LogP contribution in [0.1, 0.15) is 0 Å². The largest absolute Gasteiger partial charge is 0.437 e. The van der Waals surface area contributed by atoms with Gasteiger partial charge in [0.25, 0.3) is 5.89 Å². The summed E-state index contributed by atoms with van der Waals surface area (Å²) in [6.07, 6.45) is 0. The molecule has 0 aliphatic rings. The van der Waals surface area contributed by atoms with Crippen molar-refractivity contribution in [2.45, 2.75) is 6.54 Å². The zero-order valence-corrected chi connectivity index (χ0v) is 13.6. The van der Waals surface area contributed by atoms with Crippen molar-refractivity contribution in [2.24, 2.45) is 5.73 Å². The summed E-state index contributed by atoms with van der Waals surface area (Å²) in [6, 6.07) is 11.6. The lowest BCUT2D eigenvalue weighted by atomic mass is 10.2. The Kier molecular flexibility index (Phi) is 3.95. The molecule has 0 radical (unpaired) electrons. The quantitative estimate of drug-likeness (QED) is 0.753. The summed E-state index contributed by atoms with van der Waals surface area (Å²) >= 11 is 4.84. The van der Waals surface area contributed by atoms with Crippen molar-refractivity contribution in [3.8, 4) is 21.2 Å². The molecule has 6 nitrogen and oxygen atoms in total. The molecular weight excluding hydrogens is 370 g/mol. The zero-order chi connectivity index (χ0) is 15.7. The van der Waals surface area contributed by atoms with E-state index in [0.717, 1.165) is 19.6 Å². The number of nitrogens with zero attached hydrogens (tertiary/aromatic N) is 2. The number of aromatic nitrogens is 2. The van der Waals surface area contributed by atoms with Gasteiger partial charge in [-0.25, -0.2) is 4.79 Å². The van der Waals surface area contributed by atoms with E-state index in [1.165, 1.54) is 11.3 Å². The fourth-order valence-corrected chi connectivity index (χ4v) is 3.07. The van der Waals surface area contributed by atoms with Gasteiger partial charge in [0, 0.05) is 9.35 Å². The smallest absolute Gasteiger partial charge is 0.387 e. The number of carbonyl (C=O) groups excluding carboxylic acids is 1. The SMILES string of the molecule is NC(=O)Cn1nc(-c2ccc(-c3ccc(Br)cc3)s2)oc1=O. The Morgan fingerprint density at radius 3 is 2.59 bits per heavy atom. The van der Waals surface area contributed by atoms with E-state index in [2.05, 4.69) is 21.0 Å². The predicted molar refractivity (Wildman–Crippen MR) is 86.4 cm³/mol. The molecule has 0 spiro atoms. The van der Waals surface area contributed by atoms with Gasteiger partial charge in [0.1, 0.15) is 6.54 Å². The van der Waals surface area contributed by atoms with Gasteiger partial charge in [-0.3, -0.25) is 4.79 Å². The lowest BCUT2D eigenvalue weighted by Crippen LogP contribution is -2.26. The maximum absolute atomic E-state index is 11.6. The molecule has 1 aromatic carbocycles. The summed E-state index contributed by atoms with van der Waals surface area (Å²) in [7, 11) is 0. The van der Waals surface area contributed by atoms with Crippen molar-refractivity contribution in [1.29, 1.82) is 0 Å². The molecule has 112 valence electrons. The van der Waals surface area contributed by atoms with E-state index in [1.54, 1.807) is 0 Å². The number of thiophene rings is 1. The van der Waals surface area contributed by atoms with Gasteiger partial charge < -0.3 is 10.2 Å². The van der Waals surface area contributed by atoms with Crippen LogP contribution < -0.4 is 11.5 Å². The van der Waals surface area contributed by atoms with Gasteiger partial charge in [-0.1, -0.05) is 28.1 Å². The summed E-state index contributed by atoms with van der Waals surface area (Å²) < 4.78 is 6.98. The number of amides is 1. The first kappa shape index (κ1) is 14.7. The van der Waals surface area contributed by atoms with E-state index in [0.29, 0.717) is 4.88 Å². The molecule has 0 fully saturated rings. The lowest BCUT2D eigenvalue weighted by molar-refractivity contribution is -0.118. The van der Waals surface area contributed by atoms with E-state index >= 15 is 0 Å². The average Bonchev–Trinajstić information content (AvgIpc) is 3.07. The van der Waals surface area contributed by atoms with Crippen molar-refractivity contribution in [3.63, 3.8) is 0 Å². The molecule has 0 bridgehead atoms. The Morgan fingerprint density at radius 2 is 1.91 bits per heavy atom. The molecule has 3 rings (SSSR count). The van der Waals surface area contributed by atoms with E-state index < -0.39 is 11.7 Å². The minimum Gasteiger partial charge on any atom is -0.387 e. The van der Waals surface area contributed by atoms with Gasteiger partial charge in [0.2, 0.25) is 5.91 Å². The van der Waals surface area contributed by atoms with E-state index in [1.807, 2.05) is 36.4 Å². The van der Waals surface area contributed by atoms with Gasteiger partial charge in [-0.05, 0) is 29.8 Å². The van der Waals surface area contributed by atoms with Crippen molar-refractivity contribution in [3.05, 3.63) is 51.4 Å². The Morgan fingerprint density at radius 1 is 1.23 bits per heavy atom. The second-order valence-corrected chi connectivity index (χ2v) is 6.47. The molecule has 1 amide bonds. The van der Waals surface area contributed by atoms with Gasteiger partial charge in [-0.15, -0.1) is 16.4 Å². The number of primary amides is 1. The second kappa shape index (κ2) is 5.90. The number of carbonyl (C=O) groups is 1. The molecule has 0 unspecified atom stereocenters. The molecule has 2 N–H and O–H groups in total. The van der Waals surface area contributed by atoms with Crippen molar-refractivity contribution >= 4 is 33.2 Å². The van der Waals surface area contributed by atoms with Crippen LogP contribution in [0.15, 0.2) is 50.1 Å². The number of hydrogen-bond acceptors (Lipinski definition) is 5. The van der Waals surface area contributed by atoms with E-state index in [9.17, 15) is 9.59 Å². The molecular formula is C14H10BrN3O3S. The monoisotopic (exact) mass is 379 g/mol. The second-order valence-electron chi connectivity index (χ2n) is 4.47. The first-order valence-electron chi connectivity index (χ1n) is 6.25. The number of benzene rings is 1. The van der Waals surface area contributed by atoms with Crippen LogP contribution >= 0.6 is 27.3 Å². The molecule has 2 heterocycles. The topological polar surface area (TPSA) is 91.1 Å². The third-order valence-electron chi connectivity index (χ3n) is 2.86. The highest BCUT2D eigenvalue weighted by Gasteiger charge is 2.14. The van der Waals surface area contributed by atoms with Crippen LogP contribution in [0.2, 0.25) is 0 Å². The highest BCUT2D eigenvalue weighted by atomic mass is 79.9. The van der Waals surface area contributed by atoms with Crippen LogP contribution in [-0.4, -0.2) is 15.7 Å². The highest BCUT2D eigenvalue weighted by Crippen LogP contribution is 2.33. The van der Waals surface area contributed by atoms with Crippen LogP contribution in [0.3, 0.4) is 0 Å². The minimum atomic E-state index is -0.701.